The van der Waals surface area contributed by atoms with E-state index in [4.69, 9.17) is 0 Å². The van der Waals surface area contributed by atoms with Crippen LogP contribution in [0.2, 0.25) is 0 Å². The molecule has 12 nitrogen and oxygen atoms in total. The lowest BCUT2D eigenvalue weighted by Crippen LogP contribution is -2.49. The van der Waals surface area contributed by atoms with Gasteiger partial charge >= 0.3 is 0 Å². The van der Waals surface area contributed by atoms with Gasteiger partial charge in [0, 0.05) is 149 Å². The number of pyridine rings is 2. The van der Waals surface area contributed by atoms with Gasteiger partial charge in [-0.1, -0.05) is 60.7 Å². The van der Waals surface area contributed by atoms with E-state index in [0.29, 0.717) is 11.1 Å². The first-order valence-corrected chi connectivity index (χ1v) is 29.3. The fourth-order valence-corrected chi connectivity index (χ4v) is 12.7. The first-order valence-electron chi connectivity index (χ1n) is 29.3. The fraction of sp³-hybridized carbons (Fsp3) is 0.0811. The Hall–Kier alpha value is -11.2. The molecule has 10 aromatic heterocycles. The van der Waals surface area contributed by atoms with Gasteiger partial charge in [0.15, 0.2) is 37.0 Å². The molecule has 3 aliphatic rings. The maximum Gasteiger partial charge on any atom is 0.213 e. The van der Waals surface area contributed by atoms with Crippen molar-refractivity contribution in [1.29, 1.82) is 0 Å². The molecular formula is C74H60N10O2+2. The Morgan fingerprint density at radius 1 is 0.337 bits per heavy atom. The van der Waals surface area contributed by atoms with Crippen LogP contribution in [-0.2, 0) is 0 Å². The van der Waals surface area contributed by atoms with Crippen molar-refractivity contribution in [3.8, 4) is 0 Å². The number of benzene rings is 2. The molecule has 8 N–H and O–H groups in total. The normalized spacial score (nSPS) is 15.5. The number of aromatic amines is 8. The Bertz CT molecular complexity index is 4860. The van der Waals surface area contributed by atoms with Gasteiger partial charge in [-0.3, -0.25) is 9.59 Å². The van der Waals surface area contributed by atoms with Crippen LogP contribution in [0.5, 0.6) is 0 Å². The van der Waals surface area contributed by atoms with Gasteiger partial charge in [-0.2, -0.15) is 9.13 Å². The molecule has 16 bridgehead atoms. The van der Waals surface area contributed by atoms with Gasteiger partial charge in [0.25, 0.3) is 0 Å². The number of carbonyl (C=O) groups is 2. The van der Waals surface area contributed by atoms with Crippen molar-refractivity contribution in [3.05, 3.63) is 315 Å². The molecule has 0 spiro atoms. The van der Waals surface area contributed by atoms with Gasteiger partial charge in [-0.05, 0) is 157 Å². The largest absolute Gasteiger partial charge is 0.355 e. The number of aromatic nitrogens is 10. The second-order valence-corrected chi connectivity index (χ2v) is 22.5. The minimum atomic E-state index is 0.249. The molecule has 0 saturated heterocycles. The predicted molar refractivity (Wildman–Crippen MR) is 339 cm³/mol. The van der Waals surface area contributed by atoms with E-state index in [0.717, 1.165) is 171 Å². The molecule has 0 unspecified atom stereocenters. The lowest BCUT2D eigenvalue weighted by molar-refractivity contribution is -0.750. The van der Waals surface area contributed by atoms with Crippen molar-refractivity contribution in [2.75, 3.05) is 0 Å². The van der Waals surface area contributed by atoms with E-state index in [2.05, 4.69) is 243 Å². The summed E-state index contributed by atoms with van der Waals surface area (Å²) in [6, 6.07) is 59.8. The molecule has 2 aliphatic heterocycles. The van der Waals surface area contributed by atoms with Gasteiger partial charge in [0.1, 0.15) is 0 Å². The van der Waals surface area contributed by atoms with Crippen LogP contribution in [0.3, 0.4) is 0 Å². The van der Waals surface area contributed by atoms with E-state index >= 15 is 0 Å². The van der Waals surface area contributed by atoms with Crippen LogP contribution < -0.4 is 51.9 Å². The molecule has 12 heterocycles. The number of hydrogen-bond donors (Lipinski definition) is 8. The monoisotopic (exact) mass is 1120 g/mol. The summed E-state index contributed by atoms with van der Waals surface area (Å²) in [5, 5.41) is 7.40. The number of H-pyrrole nitrogens is 8. The second-order valence-electron chi connectivity index (χ2n) is 22.5. The highest BCUT2D eigenvalue weighted by molar-refractivity contribution is 5.91. The van der Waals surface area contributed by atoms with Crippen molar-refractivity contribution in [2.24, 2.45) is 0 Å². The van der Waals surface area contributed by atoms with Crippen molar-refractivity contribution in [2.45, 2.75) is 37.8 Å². The first kappa shape index (κ1) is 51.6. The van der Waals surface area contributed by atoms with Crippen LogP contribution in [0.1, 0.15) is 138 Å². The summed E-state index contributed by atoms with van der Waals surface area (Å²) in [5.74, 6) is 0. The number of fused-ring (bicyclic) bond motifs is 16. The highest BCUT2D eigenvalue weighted by atomic mass is 16.1. The summed E-state index contributed by atoms with van der Waals surface area (Å²) in [6.07, 6.45) is 31.5. The molecule has 1 saturated carbocycles. The first-order chi connectivity index (χ1) is 42.4. The van der Waals surface area contributed by atoms with Crippen LogP contribution in [0.4, 0.5) is 0 Å². The van der Waals surface area contributed by atoms with Crippen LogP contribution >= 0.6 is 0 Å². The SMILES string of the molecule is O=Cc1cc2[nH]c1C=c1ccc([nH]1)=Cc1ccc([nH]1)C=c1[nH]c(cc1/C=C(\c1ccccc1)c1cccc[n+]1C1CCC([n+]3ccccc3/C(=C/c3cc4[nH]c3=Cc3ccc([nH]3)C=c3ccc([nH]3)=Cc3[nH]c(cc3C=O)C=4)c3ccccc3)CC1)=C2. The van der Waals surface area contributed by atoms with Gasteiger partial charge in [0.2, 0.25) is 11.4 Å². The minimum Gasteiger partial charge on any atom is -0.355 e. The fourth-order valence-electron chi connectivity index (χ4n) is 12.7. The topological polar surface area (TPSA) is 168 Å². The van der Waals surface area contributed by atoms with E-state index in [9.17, 15) is 9.59 Å². The van der Waals surface area contributed by atoms with Gasteiger partial charge in [0.05, 0.1) is 22.5 Å². The molecular weight excluding hydrogens is 1060 g/mol. The van der Waals surface area contributed by atoms with Gasteiger partial charge in [-0.25, -0.2) is 0 Å². The summed E-state index contributed by atoms with van der Waals surface area (Å²) in [6.45, 7) is 0. The van der Waals surface area contributed by atoms with E-state index in [1.807, 2.05) is 48.6 Å². The molecule has 2 aromatic carbocycles. The zero-order valence-electron chi connectivity index (χ0n) is 46.9. The lowest BCUT2D eigenvalue weighted by atomic mass is 9.88. The average Bonchev–Trinajstić information content (AvgIpc) is 2.67. The van der Waals surface area contributed by atoms with Crippen molar-refractivity contribution >= 4 is 84.5 Å². The van der Waals surface area contributed by atoms with Crippen molar-refractivity contribution in [3.63, 3.8) is 0 Å². The quantitative estimate of drug-likeness (QED) is 0.0533. The van der Waals surface area contributed by atoms with Crippen LogP contribution in [0.25, 0.3) is 71.9 Å². The number of nitrogens with one attached hydrogen (secondary N) is 8. The molecule has 1 aliphatic carbocycles. The third-order valence-corrected chi connectivity index (χ3v) is 16.8. The Morgan fingerprint density at radius 2 is 0.721 bits per heavy atom. The highest BCUT2D eigenvalue weighted by Gasteiger charge is 2.36. The Balaban J connectivity index is 0.788. The van der Waals surface area contributed by atoms with Crippen LogP contribution in [0, 0.1) is 0 Å². The van der Waals surface area contributed by atoms with E-state index in [1.165, 1.54) is 0 Å². The molecule has 1 fully saturated rings. The molecule has 0 radical (unpaired) electrons. The summed E-state index contributed by atoms with van der Waals surface area (Å²) < 4.78 is 5.03. The standard InChI is InChI=1S/C74H58N10O2/c85-45-51-33-63-39-61-31-49(69(79-61)41-57-21-17-53(75-57)37-55-19-23-59(77-55)43-71(51)81-63)35-67(47-11-3-1-4-12-47)73-15-7-9-29-83(73)65-25-27-66(28-26-65)84-30-10-8-16-74(84)68(48-13-5-2-6-14-48)36-50-32-62-40-64-34-52(46-86)72(82-64)44-60-24-20-56(78-60)38-54-18-22-58(76-54)42-70(50)80-62/h1-24,29-46,65-66H,25-28H2,(H6,75,76,77,78,79,80,81,82)/p+2. The Labute approximate surface area is 493 Å². The van der Waals surface area contributed by atoms with Crippen LogP contribution in [0.15, 0.2) is 182 Å². The molecule has 0 amide bonds. The van der Waals surface area contributed by atoms with Crippen molar-refractivity contribution < 1.29 is 18.7 Å². The number of carbonyl (C=O) groups excluding carboxylic acids is 2. The summed E-state index contributed by atoms with van der Waals surface area (Å²) in [7, 11) is 0. The maximum atomic E-state index is 12.4. The smallest absolute Gasteiger partial charge is 0.213 e. The summed E-state index contributed by atoms with van der Waals surface area (Å²) in [5.41, 5.74) is 17.0. The number of rotatable bonds is 10. The zero-order chi connectivity index (χ0) is 57.5. The second kappa shape index (κ2) is 22.2. The minimum absolute atomic E-state index is 0.249. The zero-order valence-corrected chi connectivity index (χ0v) is 46.9. The molecule has 86 heavy (non-hydrogen) atoms. The van der Waals surface area contributed by atoms with Crippen molar-refractivity contribution in [1.82, 2.24) is 39.9 Å². The van der Waals surface area contributed by atoms with Crippen LogP contribution in [-0.4, -0.2) is 52.4 Å². The molecule has 0 atom stereocenters. The summed E-state index contributed by atoms with van der Waals surface area (Å²) >= 11 is 0. The highest BCUT2D eigenvalue weighted by Crippen LogP contribution is 2.34. The molecule has 12 aromatic rings. The lowest BCUT2D eigenvalue weighted by Gasteiger charge is -2.25. The van der Waals surface area contributed by atoms with E-state index < -0.39 is 0 Å². The van der Waals surface area contributed by atoms with E-state index in [-0.39, 0.29) is 12.1 Å². The van der Waals surface area contributed by atoms with E-state index in [1.54, 1.807) is 0 Å². The molecule has 12 heteroatoms. The Kier molecular flexibility index (Phi) is 13.3. The number of aldehydes is 2. The van der Waals surface area contributed by atoms with Gasteiger partial charge < -0.3 is 39.9 Å². The number of hydrogen-bond acceptors (Lipinski definition) is 2. The third kappa shape index (κ3) is 10.5. The summed E-state index contributed by atoms with van der Waals surface area (Å²) in [4.78, 5) is 53.3. The average molecular weight is 1120 g/mol. The maximum absolute atomic E-state index is 12.4. The number of nitrogens with zero attached hydrogens (tertiary/aromatic N) is 2. The van der Waals surface area contributed by atoms with Gasteiger partial charge in [-0.15, -0.1) is 0 Å². The third-order valence-electron chi connectivity index (χ3n) is 16.8. The predicted octanol–water partition coefficient (Wildman–Crippen LogP) is 7.30. The molecule has 416 valence electrons. The molecule has 15 rings (SSSR count). The Morgan fingerprint density at radius 3 is 1.14 bits per heavy atom.